The maximum atomic E-state index is 12.6. The fraction of sp³-hybridized carbons (Fsp3) is 0.632. The Kier molecular flexibility index (Phi) is 5.74. The lowest BCUT2D eigenvalue weighted by Crippen LogP contribution is -2.50. The largest absolute Gasteiger partial charge is 0.493 e. The second-order valence-electron chi connectivity index (χ2n) is 6.93. The molecule has 1 atom stereocenters. The van der Waals surface area contributed by atoms with E-state index in [0.717, 1.165) is 56.4 Å². The third kappa shape index (κ3) is 4.71. The molecule has 0 unspecified atom stereocenters. The van der Waals surface area contributed by atoms with E-state index in [4.69, 9.17) is 4.74 Å². The second-order valence-corrected chi connectivity index (χ2v) is 6.93. The highest BCUT2D eigenvalue weighted by molar-refractivity contribution is 5.94. The van der Waals surface area contributed by atoms with Gasteiger partial charge in [0.1, 0.15) is 5.75 Å². The van der Waals surface area contributed by atoms with Gasteiger partial charge in [-0.25, -0.2) is 0 Å². The molecule has 1 amide bonds. The smallest absolute Gasteiger partial charge is 0.253 e. The van der Waals surface area contributed by atoms with Crippen LogP contribution >= 0.6 is 0 Å². The van der Waals surface area contributed by atoms with E-state index >= 15 is 0 Å². The molecule has 0 aromatic heterocycles. The van der Waals surface area contributed by atoms with Crippen LogP contribution in [0.5, 0.6) is 5.75 Å². The van der Waals surface area contributed by atoms with Crippen LogP contribution in [0.4, 0.5) is 0 Å². The number of benzene rings is 1. The third-order valence-corrected chi connectivity index (χ3v) is 4.88. The number of aliphatic hydroxyl groups excluding tert-OH is 1. The quantitative estimate of drug-likeness (QED) is 0.830. The lowest BCUT2D eigenvalue weighted by atomic mass is 10.1. The molecule has 1 saturated carbocycles. The molecule has 1 N–H and O–H groups in total. The van der Waals surface area contributed by atoms with Crippen LogP contribution in [0.3, 0.4) is 0 Å². The number of nitrogens with zero attached hydrogens (tertiary/aromatic N) is 2. The Labute approximate surface area is 144 Å². The van der Waals surface area contributed by atoms with Gasteiger partial charge in [0.05, 0.1) is 12.7 Å². The summed E-state index contributed by atoms with van der Waals surface area (Å²) >= 11 is 0. The summed E-state index contributed by atoms with van der Waals surface area (Å²) in [5, 5.41) is 9.74. The number of ether oxygens (including phenoxy) is 1. The summed E-state index contributed by atoms with van der Waals surface area (Å²) in [5.41, 5.74) is 0.718. The normalized spacial score (nSPS) is 20.0. The van der Waals surface area contributed by atoms with Gasteiger partial charge in [0, 0.05) is 38.3 Å². The number of piperazine rings is 1. The number of amides is 1. The van der Waals surface area contributed by atoms with Crippen molar-refractivity contribution < 1.29 is 14.6 Å². The van der Waals surface area contributed by atoms with Crippen molar-refractivity contribution in [3.8, 4) is 5.75 Å². The van der Waals surface area contributed by atoms with Crippen LogP contribution in [0.2, 0.25) is 0 Å². The molecule has 1 aliphatic heterocycles. The summed E-state index contributed by atoms with van der Waals surface area (Å²) < 4.78 is 5.72. The molecule has 5 heteroatoms. The molecular weight excluding hydrogens is 304 g/mol. The zero-order valence-electron chi connectivity index (χ0n) is 14.5. The van der Waals surface area contributed by atoms with Crippen LogP contribution in [0.25, 0.3) is 0 Å². The number of β-amino-alcohol motifs (C(OH)–C–C–N with tert-alkyl or cyclic N) is 1. The van der Waals surface area contributed by atoms with Gasteiger partial charge in [0.25, 0.3) is 5.91 Å². The number of hydrogen-bond acceptors (Lipinski definition) is 4. The van der Waals surface area contributed by atoms with E-state index in [1.54, 1.807) is 0 Å². The summed E-state index contributed by atoms with van der Waals surface area (Å²) in [4.78, 5) is 16.7. The van der Waals surface area contributed by atoms with Crippen molar-refractivity contribution in [1.82, 2.24) is 9.80 Å². The Morgan fingerprint density at radius 3 is 2.46 bits per heavy atom. The van der Waals surface area contributed by atoms with Crippen LogP contribution in [-0.2, 0) is 0 Å². The highest BCUT2D eigenvalue weighted by Crippen LogP contribution is 2.29. The van der Waals surface area contributed by atoms with E-state index in [1.807, 2.05) is 36.1 Å². The Hall–Kier alpha value is -1.59. The number of carbonyl (C=O) groups excluding carboxylic acids is 1. The van der Waals surface area contributed by atoms with Crippen molar-refractivity contribution in [2.45, 2.75) is 32.3 Å². The van der Waals surface area contributed by atoms with Crippen molar-refractivity contribution in [2.24, 2.45) is 5.92 Å². The zero-order chi connectivity index (χ0) is 16.9. The lowest BCUT2D eigenvalue weighted by molar-refractivity contribution is 0.0523. The number of carbonyl (C=O) groups is 1. The molecule has 2 fully saturated rings. The maximum Gasteiger partial charge on any atom is 0.253 e. The van der Waals surface area contributed by atoms with Gasteiger partial charge in [-0.05, 0) is 49.4 Å². The molecule has 0 spiro atoms. The molecule has 1 aromatic rings. The highest BCUT2D eigenvalue weighted by atomic mass is 16.5. The number of rotatable bonds is 7. The van der Waals surface area contributed by atoms with Crippen LogP contribution in [0.15, 0.2) is 24.3 Å². The van der Waals surface area contributed by atoms with Gasteiger partial charge in [-0.15, -0.1) is 0 Å². The molecule has 1 heterocycles. The van der Waals surface area contributed by atoms with E-state index in [0.29, 0.717) is 6.54 Å². The first-order valence-electron chi connectivity index (χ1n) is 9.08. The van der Waals surface area contributed by atoms with Crippen LogP contribution in [0.1, 0.15) is 36.5 Å². The van der Waals surface area contributed by atoms with E-state index in [1.165, 1.54) is 12.8 Å². The lowest BCUT2D eigenvalue weighted by Gasteiger charge is -2.35. The summed E-state index contributed by atoms with van der Waals surface area (Å²) in [6.45, 7) is 6.56. The molecule has 24 heavy (non-hydrogen) atoms. The Morgan fingerprint density at radius 1 is 1.21 bits per heavy atom. The van der Waals surface area contributed by atoms with Crippen molar-refractivity contribution in [3.63, 3.8) is 0 Å². The summed E-state index contributed by atoms with van der Waals surface area (Å²) in [6.07, 6.45) is 3.06. The SMILES string of the molecule is CC[C@H](O)CN1CCN(C(=O)c2ccc(OCC3CC3)cc2)CC1. The minimum atomic E-state index is -0.268. The summed E-state index contributed by atoms with van der Waals surface area (Å²) in [5.74, 6) is 1.66. The number of aliphatic hydroxyl groups is 1. The minimum absolute atomic E-state index is 0.0828. The summed E-state index contributed by atoms with van der Waals surface area (Å²) in [7, 11) is 0. The second kappa shape index (κ2) is 7.99. The fourth-order valence-electron chi connectivity index (χ4n) is 2.94. The van der Waals surface area contributed by atoms with Gasteiger partial charge in [-0.2, -0.15) is 0 Å². The molecule has 3 rings (SSSR count). The predicted molar refractivity (Wildman–Crippen MR) is 93.3 cm³/mol. The van der Waals surface area contributed by atoms with Gasteiger partial charge in [-0.3, -0.25) is 9.69 Å². The molecule has 1 saturated heterocycles. The van der Waals surface area contributed by atoms with Crippen LogP contribution < -0.4 is 4.74 Å². The molecular formula is C19H28N2O3. The highest BCUT2D eigenvalue weighted by Gasteiger charge is 2.24. The van der Waals surface area contributed by atoms with Crippen molar-refractivity contribution in [2.75, 3.05) is 39.3 Å². The molecule has 1 aromatic carbocycles. The van der Waals surface area contributed by atoms with Crippen LogP contribution in [-0.4, -0.2) is 66.2 Å². The van der Waals surface area contributed by atoms with Crippen LogP contribution in [0, 0.1) is 5.92 Å². The average molecular weight is 332 g/mol. The number of hydrogen-bond donors (Lipinski definition) is 1. The van der Waals surface area contributed by atoms with E-state index in [2.05, 4.69) is 4.90 Å². The Morgan fingerprint density at radius 2 is 1.88 bits per heavy atom. The van der Waals surface area contributed by atoms with Crippen molar-refractivity contribution in [3.05, 3.63) is 29.8 Å². The molecule has 132 valence electrons. The molecule has 2 aliphatic rings. The average Bonchev–Trinajstić information content (AvgIpc) is 3.45. The zero-order valence-corrected chi connectivity index (χ0v) is 14.5. The fourth-order valence-corrected chi connectivity index (χ4v) is 2.94. The van der Waals surface area contributed by atoms with Crippen molar-refractivity contribution >= 4 is 5.91 Å². The first-order chi connectivity index (χ1) is 11.7. The van der Waals surface area contributed by atoms with Gasteiger partial charge in [-0.1, -0.05) is 6.92 Å². The molecule has 1 aliphatic carbocycles. The summed E-state index contributed by atoms with van der Waals surface area (Å²) in [6, 6.07) is 7.50. The first-order valence-corrected chi connectivity index (χ1v) is 9.08. The Bertz CT molecular complexity index is 534. The van der Waals surface area contributed by atoms with Gasteiger partial charge < -0.3 is 14.7 Å². The minimum Gasteiger partial charge on any atom is -0.493 e. The Balaban J connectivity index is 1.47. The standard InChI is InChI=1S/C19H28N2O3/c1-2-17(22)13-20-9-11-21(12-10-20)19(23)16-5-7-18(8-6-16)24-14-15-3-4-15/h5-8,15,17,22H,2-4,9-14H2,1H3/t17-/m0/s1. The molecule has 5 nitrogen and oxygen atoms in total. The molecule has 0 radical (unpaired) electrons. The van der Waals surface area contributed by atoms with Crippen molar-refractivity contribution in [1.29, 1.82) is 0 Å². The van der Waals surface area contributed by atoms with Gasteiger partial charge >= 0.3 is 0 Å². The maximum absolute atomic E-state index is 12.6. The third-order valence-electron chi connectivity index (χ3n) is 4.88. The van der Waals surface area contributed by atoms with E-state index in [-0.39, 0.29) is 12.0 Å². The topological polar surface area (TPSA) is 53.0 Å². The molecule has 0 bridgehead atoms. The van der Waals surface area contributed by atoms with E-state index < -0.39 is 0 Å². The predicted octanol–water partition coefficient (Wildman–Crippen LogP) is 2.00. The first kappa shape index (κ1) is 17.2. The monoisotopic (exact) mass is 332 g/mol. The van der Waals surface area contributed by atoms with Gasteiger partial charge in [0.2, 0.25) is 0 Å². The van der Waals surface area contributed by atoms with Gasteiger partial charge in [0.15, 0.2) is 0 Å². The van der Waals surface area contributed by atoms with E-state index in [9.17, 15) is 9.90 Å².